The third-order valence-electron chi connectivity index (χ3n) is 3.42. The van der Waals surface area contributed by atoms with E-state index in [9.17, 15) is 0 Å². The van der Waals surface area contributed by atoms with Gasteiger partial charge >= 0.3 is 0 Å². The first kappa shape index (κ1) is 14.6. The number of fused-ring (bicyclic) bond motifs is 1. The van der Waals surface area contributed by atoms with Crippen LogP contribution >= 0.6 is 27.5 Å². The Morgan fingerprint density at radius 2 is 2.19 bits per heavy atom. The second-order valence-electron chi connectivity index (χ2n) is 4.99. The highest BCUT2D eigenvalue weighted by Gasteiger charge is 2.14. The van der Waals surface area contributed by atoms with Crippen molar-refractivity contribution in [2.24, 2.45) is 0 Å². The predicted octanol–water partition coefficient (Wildman–Crippen LogP) is 4.39. The maximum atomic E-state index is 6.29. The van der Waals surface area contributed by atoms with E-state index in [2.05, 4.69) is 36.6 Å². The van der Waals surface area contributed by atoms with Gasteiger partial charge in [-0.2, -0.15) is 5.10 Å². The summed E-state index contributed by atoms with van der Waals surface area (Å²) in [5.74, 6) is 0.922. The lowest BCUT2D eigenvalue weighted by molar-refractivity contribution is 0.523. The molecular formula is C15H16BrClN4. The molecule has 0 bridgehead atoms. The van der Waals surface area contributed by atoms with Crippen LogP contribution in [-0.4, -0.2) is 19.3 Å². The lowest BCUT2D eigenvalue weighted by Crippen LogP contribution is -2.08. The maximum Gasteiger partial charge on any atom is 0.127 e. The molecule has 1 atom stereocenters. The molecule has 2 heterocycles. The third-order valence-corrected chi connectivity index (χ3v) is 4.11. The normalized spacial score (nSPS) is 12.9. The van der Waals surface area contributed by atoms with E-state index >= 15 is 0 Å². The van der Waals surface area contributed by atoms with Crippen LogP contribution in [0.1, 0.15) is 24.5 Å². The zero-order valence-electron chi connectivity index (χ0n) is 11.7. The molecule has 0 aliphatic carbocycles. The fourth-order valence-corrected chi connectivity index (χ4v) is 3.00. The van der Waals surface area contributed by atoms with Crippen molar-refractivity contribution in [3.05, 3.63) is 47.0 Å². The van der Waals surface area contributed by atoms with Crippen molar-refractivity contribution in [3.8, 4) is 0 Å². The minimum Gasteiger partial charge on any atom is -0.327 e. The van der Waals surface area contributed by atoms with Crippen LogP contribution in [0.5, 0.6) is 0 Å². The van der Waals surface area contributed by atoms with Crippen molar-refractivity contribution in [2.75, 3.05) is 0 Å². The van der Waals surface area contributed by atoms with Gasteiger partial charge in [0.25, 0.3) is 0 Å². The van der Waals surface area contributed by atoms with Crippen LogP contribution in [0.2, 0.25) is 0 Å². The molecular weight excluding hydrogens is 352 g/mol. The smallest absolute Gasteiger partial charge is 0.127 e. The molecule has 3 rings (SSSR count). The van der Waals surface area contributed by atoms with E-state index in [1.807, 2.05) is 36.0 Å². The van der Waals surface area contributed by atoms with Crippen molar-refractivity contribution in [2.45, 2.75) is 31.8 Å². The topological polar surface area (TPSA) is 35.6 Å². The van der Waals surface area contributed by atoms with Gasteiger partial charge in [-0.3, -0.25) is 4.68 Å². The van der Waals surface area contributed by atoms with Gasteiger partial charge < -0.3 is 4.57 Å². The van der Waals surface area contributed by atoms with Crippen molar-refractivity contribution < 1.29 is 0 Å². The first-order valence-electron chi connectivity index (χ1n) is 6.92. The summed E-state index contributed by atoms with van der Waals surface area (Å²) in [4.78, 5) is 4.67. The molecule has 2 aromatic heterocycles. The summed E-state index contributed by atoms with van der Waals surface area (Å²) in [5, 5.41) is 4.12. The second kappa shape index (κ2) is 6.20. The van der Waals surface area contributed by atoms with E-state index in [0.29, 0.717) is 0 Å². The molecule has 0 N–H and O–H groups in total. The zero-order valence-corrected chi connectivity index (χ0v) is 14.0. The number of rotatable bonds is 5. The second-order valence-corrected chi connectivity index (χ2v) is 6.56. The van der Waals surface area contributed by atoms with Crippen molar-refractivity contribution in [1.82, 2.24) is 19.3 Å². The van der Waals surface area contributed by atoms with Gasteiger partial charge in [-0.15, -0.1) is 11.6 Å². The Morgan fingerprint density at radius 3 is 2.90 bits per heavy atom. The Morgan fingerprint density at radius 1 is 1.33 bits per heavy atom. The number of benzene rings is 1. The fraction of sp³-hybridized carbons (Fsp3) is 0.333. The van der Waals surface area contributed by atoms with E-state index in [4.69, 9.17) is 11.6 Å². The van der Waals surface area contributed by atoms with Crippen LogP contribution in [-0.2, 0) is 13.1 Å². The van der Waals surface area contributed by atoms with E-state index < -0.39 is 0 Å². The molecule has 0 aliphatic heterocycles. The molecule has 6 heteroatoms. The molecule has 0 fully saturated rings. The van der Waals surface area contributed by atoms with Crippen molar-refractivity contribution >= 4 is 38.6 Å². The molecule has 21 heavy (non-hydrogen) atoms. The predicted molar refractivity (Wildman–Crippen MR) is 88.5 cm³/mol. The molecule has 1 aromatic carbocycles. The van der Waals surface area contributed by atoms with E-state index in [0.717, 1.165) is 40.8 Å². The van der Waals surface area contributed by atoms with Crippen molar-refractivity contribution in [1.29, 1.82) is 0 Å². The number of alkyl halides is 1. The number of aromatic nitrogens is 4. The summed E-state index contributed by atoms with van der Waals surface area (Å²) < 4.78 is 5.19. The van der Waals surface area contributed by atoms with Crippen LogP contribution in [0.25, 0.3) is 11.0 Å². The van der Waals surface area contributed by atoms with Gasteiger partial charge in [0.15, 0.2) is 0 Å². The molecule has 0 amide bonds. The Labute approximate surface area is 136 Å². The number of hydrogen-bond donors (Lipinski definition) is 0. The number of nitrogens with zero attached hydrogens (tertiary/aromatic N) is 4. The van der Waals surface area contributed by atoms with Gasteiger partial charge in [-0.25, -0.2) is 4.98 Å². The van der Waals surface area contributed by atoms with Gasteiger partial charge in [0, 0.05) is 30.0 Å². The standard InChI is InChI=1S/C15H16BrClN4/c1-11(17)15-19-13-10-12(16)4-5-14(13)21(15)9-3-8-20-7-2-6-18-20/h2,4-7,10-11H,3,8-9H2,1H3. The number of halogens is 2. The summed E-state index contributed by atoms with van der Waals surface area (Å²) in [6.07, 6.45) is 4.77. The van der Waals surface area contributed by atoms with E-state index in [1.165, 1.54) is 0 Å². The molecule has 3 aromatic rings. The highest BCUT2D eigenvalue weighted by Crippen LogP contribution is 2.26. The van der Waals surface area contributed by atoms with Gasteiger partial charge in [-0.1, -0.05) is 15.9 Å². The minimum atomic E-state index is -0.110. The molecule has 1 unspecified atom stereocenters. The molecule has 0 spiro atoms. The fourth-order valence-electron chi connectivity index (χ4n) is 2.48. The summed E-state index contributed by atoms with van der Waals surface area (Å²) >= 11 is 9.77. The Hall–Kier alpha value is -1.33. The number of hydrogen-bond acceptors (Lipinski definition) is 2. The average Bonchev–Trinajstić information content (AvgIpc) is 3.06. The Balaban J connectivity index is 1.86. The third kappa shape index (κ3) is 3.14. The Bertz CT molecular complexity index is 734. The van der Waals surface area contributed by atoms with E-state index in [-0.39, 0.29) is 5.38 Å². The zero-order chi connectivity index (χ0) is 14.8. The molecule has 0 radical (unpaired) electrons. The Kier molecular flexibility index (Phi) is 4.31. The van der Waals surface area contributed by atoms with Gasteiger partial charge in [0.2, 0.25) is 0 Å². The lowest BCUT2D eigenvalue weighted by Gasteiger charge is -2.10. The monoisotopic (exact) mass is 366 g/mol. The molecule has 110 valence electrons. The molecule has 0 saturated carbocycles. The highest BCUT2D eigenvalue weighted by atomic mass is 79.9. The van der Waals surface area contributed by atoms with Crippen LogP contribution in [0.15, 0.2) is 41.1 Å². The molecule has 0 aliphatic rings. The van der Waals surface area contributed by atoms with E-state index in [1.54, 1.807) is 6.20 Å². The van der Waals surface area contributed by atoms with Crippen LogP contribution in [0.3, 0.4) is 0 Å². The summed E-state index contributed by atoms with van der Waals surface area (Å²) in [6.45, 7) is 3.73. The van der Waals surface area contributed by atoms with Gasteiger partial charge in [-0.05, 0) is 37.6 Å². The number of imidazole rings is 1. The minimum absolute atomic E-state index is 0.110. The largest absolute Gasteiger partial charge is 0.327 e. The number of aryl methyl sites for hydroxylation is 2. The SMILES string of the molecule is CC(Cl)c1nc2cc(Br)ccc2n1CCCn1cccn1. The van der Waals surface area contributed by atoms with Crippen LogP contribution in [0.4, 0.5) is 0 Å². The summed E-state index contributed by atoms with van der Waals surface area (Å²) in [6, 6.07) is 8.10. The van der Waals surface area contributed by atoms with Gasteiger partial charge in [0.05, 0.1) is 16.4 Å². The lowest BCUT2D eigenvalue weighted by atomic mass is 10.3. The summed E-state index contributed by atoms with van der Waals surface area (Å²) in [5.41, 5.74) is 2.10. The first-order valence-corrected chi connectivity index (χ1v) is 8.15. The molecule has 4 nitrogen and oxygen atoms in total. The quantitative estimate of drug-likeness (QED) is 0.627. The maximum absolute atomic E-state index is 6.29. The molecule has 0 saturated heterocycles. The van der Waals surface area contributed by atoms with Gasteiger partial charge in [0.1, 0.15) is 5.82 Å². The van der Waals surface area contributed by atoms with Crippen LogP contribution < -0.4 is 0 Å². The van der Waals surface area contributed by atoms with Crippen molar-refractivity contribution in [3.63, 3.8) is 0 Å². The average molecular weight is 368 g/mol. The summed E-state index contributed by atoms with van der Waals surface area (Å²) in [7, 11) is 0. The highest BCUT2D eigenvalue weighted by molar-refractivity contribution is 9.10. The van der Waals surface area contributed by atoms with Crippen LogP contribution in [0, 0.1) is 0 Å². The first-order chi connectivity index (χ1) is 10.1.